The number of carbonyl (C=O) groups is 1. The highest BCUT2D eigenvalue weighted by Crippen LogP contribution is 2.33. The maximum absolute atomic E-state index is 13.6. The molecule has 37 heavy (non-hydrogen) atoms. The van der Waals surface area contributed by atoms with Gasteiger partial charge >= 0.3 is 6.18 Å². The number of rotatable bonds is 6. The van der Waals surface area contributed by atoms with Gasteiger partial charge in [0.1, 0.15) is 12.0 Å². The first-order valence-electron chi connectivity index (χ1n) is 11.7. The summed E-state index contributed by atoms with van der Waals surface area (Å²) >= 11 is 0. The zero-order chi connectivity index (χ0) is 26.0. The largest absolute Gasteiger partial charge is 0.416 e. The van der Waals surface area contributed by atoms with Crippen LogP contribution in [0.3, 0.4) is 0 Å². The Morgan fingerprint density at radius 2 is 1.81 bits per heavy atom. The normalized spacial score (nSPS) is 14.2. The van der Waals surface area contributed by atoms with Gasteiger partial charge in [0.25, 0.3) is 5.91 Å². The Bertz CT molecular complexity index is 1420. The first-order chi connectivity index (χ1) is 17.8. The van der Waals surface area contributed by atoms with Gasteiger partial charge in [-0.25, -0.2) is 14.6 Å². The molecular weight excluding hydrogens is 485 g/mol. The number of benzene rings is 1. The molecule has 3 aromatic heterocycles. The Kier molecular flexibility index (Phi) is 6.66. The van der Waals surface area contributed by atoms with E-state index in [1.165, 1.54) is 17.2 Å². The molecule has 0 unspecified atom stereocenters. The van der Waals surface area contributed by atoms with E-state index in [9.17, 15) is 18.0 Å². The molecule has 0 aliphatic carbocycles. The number of likely N-dealkylation sites (tertiary alicyclic amines) is 1. The number of halogens is 3. The number of hydrogen-bond acceptors (Lipinski definition) is 7. The molecule has 4 aromatic rings. The van der Waals surface area contributed by atoms with Crippen LogP contribution in [0.4, 0.5) is 18.9 Å². The monoisotopic (exact) mass is 508 g/mol. The molecule has 0 atom stereocenters. The van der Waals surface area contributed by atoms with E-state index in [2.05, 4.69) is 35.5 Å². The summed E-state index contributed by atoms with van der Waals surface area (Å²) in [6.45, 7) is 3.83. The minimum atomic E-state index is -4.53. The summed E-state index contributed by atoms with van der Waals surface area (Å²) in [5, 5.41) is 10.8. The Labute approximate surface area is 210 Å². The van der Waals surface area contributed by atoms with Gasteiger partial charge in [-0.1, -0.05) is 5.21 Å². The second-order valence-electron chi connectivity index (χ2n) is 8.86. The van der Waals surface area contributed by atoms with Crippen LogP contribution < -0.4 is 5.32 Å². The minimum Gasteiger partial charge on any atom is -0.322 e. The fourth-order valence-corrected chi connectivity index (χ4v) is 4.24. The van der Waals surface area contributed by atoms with E-state index < -0.39 is 17.6 Å². The van der Waals surface area contributed by atoms with E-state index >= 15 is 0 Å². The third kappa shape index (κ3) is 5.64. The highest BCUT2D eigenvalue weighted by molar-refractivity contribution is 6.04. The number of aryl methyl sites for hydroxylation is 1. The quantitative estimate of drug-likeness (QED) is 0.415. The summed E-state index contributed by atoms with van der Waals surface area (Å²) in [6.07, 6.45) is 5.15. The molecule has 0 radical (unpaired) electrons. The molecule has 190 valence electrons. The van der Waals surface area contributed by atoms with E-state index in [4.69, 9.17) is 0 Å². The molecule has 5 rings (SSSR count). The number of carbonyl (C=O) groups excluding carboxylic acids is 1. The van der Waals surface area contributed by atoms with E-state index in [-0.39, 0.29) is 11.3 Å². The van der Waals surface area contributed by atoms with Crippen LogP contribution in [0.15, 0.2) is 55.4 Å². The maximum atomic E-state index is 13.6. The lowest BCUT2D eigenvalue weighted by Gasteiger charge is -2.18. The molecule has 1 fully saturated rings. The summed E-state index contributed by atoms with van der Waals surface area (Å²) in [4.78, 5) is 27.4. The highest BCUT2D eigenvalue weighted by atomic mass is 19.4. The second-order valence-corrected chi connectivity index (χ2v) is 8.86. The van der Waals surface area contributed by atoms with Crippen molar-refractivity contribution in [1.82, 2.24) is 34.8 Å². The fourth-order valence-electron chi connectivity index (χ4n) is 4.24. The van der Waals surface area contributed by atoms with Gasteiger partial charge in [0.15, 0.2) is 0 Å². The number of aromatic nitrogens is 6. The van der Waals surface area contributed by atoms with Gasteiger partial charge in [-0.15, -0.1) is 5.10 Å². The van der Waals surface area contributed by atoms with Crippen molar-refractivity contribution >= 4 is 11.6 Å². The topological polar surface area (TPSA) is 102 Å². The lowest BCUT2D eigenvalue weighted by molar-refractivity contribution is -0.137. The number of hydrogen-bond donors (Lipinski definition) is 1. The van der Waals surface area contributed by atoms with Crippen LogP contribution in [-0.4, -0.2) is 53.8 Å². The molecule has 1 aliphatic rings. The van der Waals surface area contributed by atoms with Crippen LogP contribution in [0.5, 0.6) is 0 Å². The maximum Gasteiger partial charge on any atom is 0.416 e. The predicted molar refractivity (Wildman–Crippen MR) is 129 cm³/mol. The number of amides is 1. The Hall–Kier alpha value is -4.19. The van der Waals surface area contributed by atoms with Crippen molar-refractivity contribution in [3.63, 3.8) is 0 Å². The van der Waals surface area contributed by atoms with Crippen molar-refractivity contribution in [3.8, 4) is 16.9 Å². The predicted octanol–water partition coefficient (Wildman–Crippen LogP) is 4.29. The minimum absolute atomic E-state index is 0.0725. The zero-order valence-electron chi connectivity index (χ0n) is 19.9. The van der Waals surface area contributed by atoms with Crippen molar-refractivity contribution < 1.29 is 18.0 Å². The first kappa shape index (κ1) is 24.5. The summed E-state index contributed by atoms with van der Waals surface area (Å²) in [5.41, 5.74) is 2.22. The van der Waals surface area contributed by atoms with Crippen LogP contribution in [0.2, 0.25) is 0 Å². The number of alkyl halides is 3. The second kappa shape index (κ2) is 10.1. The third-order valence-corrected chi connectivity index (χ3v) is 6.10. The highest BCUT2D eigenvalue weighted by Gasteiger charge is 2.31. The molecule has 12 heteroatoms. The standard InChI is InChI=1S/C25H23F3N8O/c1-16-23(36-14-22(33-34-36)19-10-29-15-30-11-19)8-18(12-31-16)24(37)32-21-7-17(13-35-4-2-3-5-35)6-20(9-21)25(26,27)28/h6-12,14-15H,2-5,13H2,1H3,(H,32,37). The van der Waals surface area contributed by atoms with Crippen molar-refractivity contribution in [2.24, 2.45) is 0 Å². The molecule has 1 amide bonds. The molecule has 9 nitrogen and oxygen atoms in total. The van der Waals surface area contributed by atoms with Gasteiger partial charge in [-0.3, -0.25) is 14.7 Å². The van der Waals surface area contributed by atoms with Crippen LogP contribution in [0.25, 0.3) is 16.9 Å². The van der Waals surface area contributed by atoms with Gasteiger partial charge in [-0.2, -0.15) is 13.2 Å². The van der Waals surface area contributed by atoms with Gasteiger partial charge in [0.2, 0.25) is 0 Å². The van der Waals surface area contributed by atoms with Gasteiger partial charge in [0, 0.05) is 36.4 Å². The molecule has 1 N–H and O–H groups in total. The summed E-state index contributed by atoms with van der Waals surface area (Å²) in [6, 6.07) is 5.23. The van der Waals surface area contributed by atoms with E-state index in [0.717, 1.165) is 38.1 Å². The Balaban J connectivity index is 1.40. The third-order valence-electron chi connectivity index (χ3n) is 6.10. The first-order valence-corrected chi connectivity index (χ1v) is 11.7. The zero-order valence-corrected chi connectivity index (χ0v) is 19.9. The molecule has 1 aromatic carbocycles. The Morgan fingerprint density at radius 3 is 2.54 bits per heavy atom. The van der Waals surface area contributed by atoms with Gasteiger partial charge in [-0.05, 0) is 62.7 Å². The summed E-state index contributed by atoms with van der Waals surface area (Å²) in [7, 11) is 0. The van der Waals surface area contributed by atoms with Gasteiger partial charge in [0.05, 0.1) is 28.7 Å². The molecule has 0 bridgehead atoms. The van der Waals surface area contributed by atoms with Crippen LogP contribution in [0.1, 0.15) is 40.0 Å². The number of pyridine rings is 1. The Morgan fingerprint density at radius 1 is 1.05 bits per heavy atom. The smallest absolute Gasteiger partial charge is 0.322 e. The van der Waals surface area contributed by atoms with E-state index in [1.807, 2.05) is 0 Å². The number of nitrogens with one attached hydrogen (secondary N) is 1. The molecule has 1 saturated heterocycles. The van der Waals surface area contributed by atoms with Crippen molar-refractivity contribution in [3.05, 3.63) is 77.8 Å². The van der Waals surface area contributed by atoms with Crippen molar-refractivity contribution in [2.45, 2.75) is 32.5 Å². The van der Waals surface area contributed by atoms with E-state index in [1.54, 1.807) is 37.6 Å². The van der Waals surface area contributed by atoms with Crippen LogP contribution in [-0.2, 0) is 12.7 Å². The van der Waals surface area contributed by atoms with E-state index in [0.29, 0.717) is 34.7 Å². The van der Waals surface area contributed by atoms with Gasteiger partial charge < -0.3 is 5.32 Å². The van der Waals surface area contributed by atoms with Crippen molar-refractivity contribution in [1.29, 1.82) is 0 Å². The SMILES string of the molecule is Cc1ncc(C(=O)Nc2cc(CN3CCCC3)cc(C(F)(F)F)c2)cc1-n1cc(-c2cncnc2)nn1. The molecule has 0 saturated carbocycles. The average Bonchev–Trinajstić information content (AvgIpc) is 3.57. The molecule has 1 aliphatic heterocycles. The molecule has 0 spiro atoms. The number of anilines is 1. The average molecular weight is 509 g/mol. The lowest BCUT2D eigenvalue weighted by atomic mass is 10.1. The summed E-state index contributed by atoms with van der Waals surface area (Å²) < 4.78 is 42.2. The number of nitrogens with zero attached hydrogens (tertiary/aromatic N) is 7. The van der Waals surface area contributed by atoms with Crippen LogP contribution in [0, 0.1) is 6.92 Å². The lowest BCUT2D eigenvalue weighted by Crippen LogP contribution is -2.20. The fraction of sp³-hybridized carbons (Fsp3) is 0.280. The van der Waals surface area contributed by atoms with Crippen molar-refractivity contribution in [2.75, 3.05) is 18.4 Å². The summed E-state index contributed by atoms with van der Waals surface area (Å²) in [5.74, 6) is -0.586. The van der Waals surface area contributed by atoms with Crippen LogP contribution >= 0.6 is 0 Å². The molecule has 4 heterocycles. The molecular formula is C25H23F3N8O.